The molecule has 2 atom stereocenters. The number of hydrogen-bond donors (Lipinski definition) is 1. The van der Waals surface area contributed by atoms with Crippen molar-refractivity contribution in [3.63, 3.8) is 0 Å². The maximum absolute atomic E-state index is 9.15. The van der Waals surface area contributed by atoms with E-state index in [2.05, 4.69) is 0 Å². The number of aliphatic hydroxyl groups is 1. The van der Waals surface area contributed by atoms with E-state index in [4.69, 9.17) is 63.1 Å². The van der Waals surface area contributed by atoms with Crippen molar-refractivity contribution in [2.75, 3.05) is 0 Å². The quantitative estimate of drug-likeness (QED) is 0.755. The standard InChI is InChI=1S/C5H5Cl5O/c6-2-1-3(7)4(11)5(8,9)10/h1-4,11H. The average molecular weight is 258 g/mol. The highest BCUT2D eigenvalue weighted by Gasteiger charge is 2.35. The second-order valence-electron chi connectivity index (χ2n) is 1.75. The smallest absolute Gasteiger partial charge is 0.217 e. The van der Waals surface area contributed by atoms with Gasteiger partial charge in [0.25, 0.3) is 0 Å². The van der Waals surface area contributed by atoms with E-state index in [9.17, 15) is 0 Å². The van der Waals surface area contributed by atoms with Gasteiger partial charge in [0.2, 0.25) is 3.79 Å². The van der Waals surface area contributed by atoms with Crippen LogP contribution in [0.4, 0.5) is 0 Å². The Labute approximate surface area is 89.8 Å². The number of aliphatic hydroxyl groups excluding tert-OH is 1. The Bertz CT molecular complexity index is 140. The van der Waals surface area contributed by atoms with E-state index < -0.39 is 15.3 Å². The lowest BCUT2D eigenvalue weighted by Gasteiger charge is -2.20. The maximum atomic E-state index is 9.15. The molecule has 0 fully saturated rings. The van der Waals surface area contributed by atoms with Gasteiger partial charge in [0, 0.05) is 5.54 Å². The third-order valence-corrected chi connectivity index (χ3v) is 2.09. The van der Waals surface area contributed by atoms with Crippen molar-refractivity contribution in [3.05, 3.63) is 11.6 Å². The molecule has 0 radical (unpaired) electrons. The van der Waals surface area contributed by atoms with E-state index in [0.717, 1.165) is 5.54 Å². The van der Waals surface area contributed by atoms with Crippen molar-refractivity contribution in [2.45, 2.75) is 15.3 Å². The molecule has 0 aliphatic carbocycles. The molecule has 0 saturated carbocycles. The summed E-state index contributed by atoms with van der Waals surface area (Å²) in [6, 6.07) is 0. The van der Waals surface area contributed by atoms with E-state index in [1.807, 2.05) is 0 Å². The van der Waals surface area contributed by atoms with Crippen molar-refractivity contribution < 1.29 is 5.11 Å². The molecule has 0 spiro atoms. The first-order valence-electron chi connectivity index (χ1n) is 2.55. The fourth-order valence-corrected chi connectivity index (χ4v) is 1.45. The van der Waals surface area contributed by atoms with Gasteiger partial charge in [-0.1, -0.05) is 52.5 Å². The van der Waals surface area contributed by atoms with E-state index >= 15 is 0 Å². The van der Waals surface area contributed by atoms with Crippen LogP contribution in [0, 0.1) is 0 Å². The molecule has 0 aliphatic heterocycles. The SMILES string of the molecule is OC(C(Cl)C=CCl)C(Cl)(Cl)Cl. The van der Waals surface area contributed by atoms with Crippen molar-refractivity contribution in [1.82, 2.24) is 0 Å². The van der Waals surface area contributed by atoms with Crippen molar-refractivity contribution >= 4 is 58.0 Å². The lowest BCUT2D eigenvalue weighted by molar-refractivity contribution is 0.185. The predicted octanol–water partition coefficient (Wildman–Crippen LogP) is 3.08. The minimum atomic E-state index is -1.79. The first kappa shape index (κ1) is 12.2. The molecule has 0 saturated heterocycles. The molecule has 11 heavy (non-hydrogen) atoms. The molecule has 1 N–H and O–H groups in total. The molecule has 1 nitrogen and oxygen atoms in total. The van der Waals surface area contributed by atoms with Gasteiger partial charge in [-0.25, -0.2) is 0 Å². The summed E-state index contributed by atoms with van der Waals surface area (Å²) in [5.74, 6) is 0. The van der Waals surface area contributed by atoms with Crippen LogP contribution in [0.25, 0.3) is 0 Å². The lowest BCUT2D eigenvalue weighted by Crippen LogP contribution is -2.33. The Balaban J connectivity index is 4.13. The summed E-state index contributed by atoms with van der Waals surface area (Å²) in [7, 11) is 0. The first-order chi connectivity index (χ1) is 4.89. The van der Waals surface area contributed by atoms with Gasteiger partial charge in [0.05, 0.1) is 5.38 Å². The van der Waals surface area contributed by atoms with Gasteiger partial charge in [-0.05, 0) is 0 Å². The predicted molar refractivity (Wildman–Crippen MR) is 50.9 cm³/mol. The number of hydrogen-bond acceptors (Lipinski definition) is 1. The summed E-state index contributed by atoms with van der Waals surface area (Å²) in [6.07, 6.45) is 0.0412. The van der Waals surface area contributed by atoms with Crippen LogP contribution in [0.1, 0.15) is 0 Å². The zero-order valence-corrected chi connectivity index (χ0v) is 8.93. The molecule has 0 aliphatic rings. The zero-order chi connectivity index (χ0) is 9.07. The van der Waals surface area contributed by atoms with Gasteiger partial charge in [-0.15, -0.1) is 11.6 Å². The summed E-state index contributed by atoms with van der Waals surface area (Å²) in [5, 5.41) is 8.34. The number of alkyl halides is 4. The van der Waals surface area contributed by atoms with Gasteiger partial charge in [-0.2, -0.15) is 0 Å². The van der Waals surface area contributed by atoms with Gasteiger partial charge in [0.1, 0.15) is 6.10 Å². The van der Waals surface area contributed by atoms with Gasteiger partial charge in [-0.3, -0.25) is 0 Å². The highest BCUT2D eigenvalue weighted by Crippen LogP contribution is 2.33. The molecule has 0 aromatic rings. The Morgan fingerprint density at radius 2 is 1.73 bits per heavy atom. The Hall–Kier alpha value is 1.15. The molecule has 0 bridgehead atoms. The largest absolute Gasteiger partial charge is 0.387 e. The van der Waals surface area contributed by atoms with Crippen LogP contribution in [0.5, 0.6) is 0 Å². The normalized spacial score (nSPS) is 18.7. The summed E-state index contributed by atoms with van der Waals surface area (Å²) in [5.41, 5.74) is 1.15. The molecular formula is C5H5Cl5O. The van der Waals surface area contributed by atoms with Crippen LogP contribution in [-0.2, 0) is 0 Å². The molecule has 0 amide bonds. The topological polar surface area (TPSA) is 20.2 Å². The third-order valence-electron chi connectivity index (χ3n) is 0.894. The van der Waals surface area contributed by atoms with E-state index in [1.165, 1.54) is 6.08 Å². The summed E-state index contributed by atoms with van der Waals surface area (Å²) < 4.78 is -1.79. The highest BCUT2D eigenvalue weighted by atomic mass is 35.6. The fraction of sp³-hybridized carbons (Fsp3) is 0.600. The lowest BCUT2D eigenvalue weighted by atomic mass is 10.3. The van der Waals surface area contributed by atoms with Crippen LogP contribution in [-0.4, -0.2) is 20.4 Å². The molecule has 0 heterocycles. The molecule has 0 rings (SSSR count). The molecule has 6 heteroatoms. The van der Waals surface area contributed by atoms with Crippen LogP contribution >= 0.6 is 58.0 Å². The first-order valence-corrected chi connectivity index (χ1v) is 4.56. The minimum absolute atomic E-state index is 0.806. The number of rotatable bonds is 2. The second-order valence-corrected chi connectivity index (χ2v) is 4.87. The van der Waals surface area contributed by atoms with Crippen molar-refractivity contribution in [1.29, 1.82) is 0 Å². The molecule has 2 unspecified atom stereocenters. The molecule has 66 valence electrons. The Morgan fingerprint density at radius 3 is 2.00 bits per heavy atom. The monoisotopic (exact) mass is 256 g/mol. The Kier molecular flexibility index (Phi) is 5.53. The van der Waals surface area contributed by atoms with Gasteiger partial charge < -0.3 is 5.11 Å². The van der Waals surface area contributed by atoms with Crippen molar-refractivity contribution in [3.8, 4) is 0 Å². The second kappa shape index (κ2) is 5.00. The third kappa shape index (κ3) is 4.66. The summed E-state index contributed by atoms with van der Waals surface area (Å²) in [4.78, 5) is 0. The van der Waals surface area contributed by atoms with E-state index in [-0.39, 0.29) is 0 Å². The van der Waals surface area contributed by atoms with Crippen LogP contribution in [0.3, 0.4) is 0 Å². The van der Waals surface area contributed by atoms with E-state index in [0.29, 0.717) is 0 Å². The highest BCUT2D eigenvalue weighted by molar-refractivity contribution is 6.68. The van der Waals surface area contributed by atoms with Crippen molar-refractivity contribution in [2.24, 2.45) is 0 Å². The summed E-state index contributed by atoms with van der Waals surface area (Å²) in [6.45, 7) is 0. The van der Waals surface area contributed by atoms with Gasteiger partial charge in [0.15, 0.2) is 0 Å². The molecule has 0 aromatic heterocycles. The molecular weight excluding hydrogens is 253 g/mol. The molecule has 0 aromatic carbocycles. The average Bonchev–Trinajstić information content (AvgIpc) is 1.85. The van der Waals surface area contributed by atoms with Gasteiger partial charge >= 0.3 is 0 Å². The van der Waals surface area contributed by atoms with Crippen LogP contribution in [0.2, 0.25) is 0 Å². The summed E-state index contributed by atoms with van der Waals surface area (Å²) >= 11 is 26.7. The van der Waals surface area contributed by atoms with E-state index in [1.54, 1.807) is 0 Å². The maximum Gasteiger partial charge on any atom is 0.217 e. The number of halogens is 5. The Morgan fingerprint density at radius 1 is 1.27 bits per heavy atom. The van der Waals surface area contributed by atoms with Crippen LogP contribution < -0.4 is 0 Å². The zero-order valence-electron chi connectivity index (χ0n) is 5.15. The van der Waals surface area contributed by atoms with Crippen LogP contribution in [0.15, 0.2) is 11.6 Å². The minimum Gasteiger partial charge on any atom is -0.387 e. The fourth-order valence-electron chi connectivity index (χ4n) is 0.355.